The molecule has 4 saturated carbocycles. The van der Waals surface area contributed by atoms with Crippen molar-refractivity contribution >= 4 is 11.6 Å². The number of nitriles is 1. The van der Waals surface area contributed by atoms with Gasteiger partial charge in [0.25, 0.3) is 5.91 Å². The molecule has 5 rings (SSSR count). The first-order chi connectivity index (χ1) is 13.0. The molecule has 27 heavy (non-hydrogen) atoms. The van der Waals surface area contributed by atoms with Gasteiger partial charge in [0.1, 0.15) is 11.6 Å². The van der Waals surface area contributed by atoms with Crippen molar-refractivity contribution < 1.29 is 4.79 Å². The minimum absolute atomic E-state index is 0.120. The Morgan fingerprint density at radius 3 is 2.41 bits per heavy atom. The van der Waals surface area contributed by atoms with E-state index < -0.39 is 0 Å². The molecule has 1 unspecified atom stereocenters. The highest BCUT2D eigenvalue weighted by Gasteiger charge is 2.53. The molecule has 0 radical (unpaired) electrons. The Morgan fingerprint density at radius 1 is 1.22 bits per heavy atom. The maximum absolute atomic E-state index is 12.7. The lowest BCUT2D eigenvalue weighted by Gasteiger charge is -2.59. The Hall–Kier alpha value is -2.28. The van der Waals surface area contributed by atoms with Crippen LogP contribution in [-0.4, -0.2) is 11.9 Å². The van der Waals surface area contributed by atoms with Crippen molar-refractivity contribution in [3.63, 3.8) is 0 Å². The van der Waals surface area contributed by atoms with Crippen LogP contribution in [0.5, 0.6) is 0 Å². The Labute approximate surface area is 162 Å². The Bertz CT molecular complexity index is 769. The van der Waals surface area contributed by atoms with Gasteiger partial charge in [-0.3, -0.25) is 4.79 Å². The fourth-order valence-corrected chi connectivity index (χ4v) is 6.17. The maximum atomic E-state index is 12.7. The molecule has 1 atom stereocenters. The molecule has 1 aromatic carbocycles. The van der Waals surface area contributed by atoms with Gasteiger partial charge in [0.15, 0.2) is 0 Å². The van der Waals surface area contributed by atoms with Gasteiger partial charge >= 0.3 is 0 Å². The predicted molar refractivity (Wildman–Crippen MR) is 107 cm³/mol. The molecule has 4 aliphatic rings. The number of hydrogen-bond acceptors (Lipinski definition) is 3. The fourth-order valence-electron chi connectivity index (χ4n) is 6.17. The van der Waals surface area contributed by atoms with Crippen LogP contribution in [0.2, 0.25) is 0 Å². The summed E-state index contributed by atoms with van der Waals surface area (Å²) in [4.78, 5) is 12.7. The van der Waals surface area contributed by atoms with E-state index in [-0.39, 0.29) is 22.9 Å². The molecule has 4 nitrogen and oxygen atoms in total. The standard InChI is InChI=1S/C23H29N3O/c1-15-4-3-5-21(6-15)25-14-20(13-24)22(27)26-16(2)23-10-17-7-18(11-23)9-19(8-17)12-23/h3-6,14,16-19,25H,7-12H2,1-2H3,(H,26,27)/b20-14-. The first-order valence-corrected chi connectivity index (χ1v) is 10.2. The van der Waals surface area contributed by atoms with Crippen molar-refractivity contribution in [1.29, 1.82) is 5.26 Å². The van der Waals surface area contributed by atoms with Crippen molar-refractivity contribution in [3.8, 4) is 6.07 Å². The van der Waals surface area contributed by atoms with E-state index in [1.807, 2.05) is 31.2 Å². The van der Waals surface area contributed by atoms with E-state index in [0.29, 0.717) is 0 Å². The number of anilines is 1. The predicted octanol–water partition coefficient (Wildman–Crippen LogP) is 4.54. The van der Waals surface area contributed by atoms with Gasteiger partial charge in [-0.05, 0) is 93.2 Å². The number of aryl methyl sites for hydroxylation is 1. The van der Waals surface area contributed by atoms with E-state index in [1.165, 1.54) is 44.7 Å². The van der Waals surface area contributed by atoms with Gasteiger partial charge in [-0.1, -0.05) is 12.1 Å². The van der Waals surface area contributed by atoms with Crippen LogP contribution in [0.4, 0.5) is 5.69 Å². The number of nitrogens with one attached hydrogen (secondary N) is 2. The van der Waals surface area contributed by atoms with Crippen LogP contribution in [0, 0.1) is 41.4 Å². The summed E-state index contributed by atoms with van der Waals surface area (Å²) in [6.45, 7) is 4.16. The molecule has 0 spiro atoms. The van der Waals surface area contributed by atoms with E-state index in [9.17, 15) is 10.1 Å². The monoisotopic (exact) mass is 363 g/mol. The third-order valence-corrected chi connectivity index (χ3v) is 7.12. The number of hydrogen-bond donors (Lipinski definition) is 2. The summed E-state index contributed by atoms with van der Waals surface area (Å²) in [5.74, 6) is 2.29. The fraction of sp³-hybridized carbons (Fsp3) is 0.565. The lowest BCUT2D eigenvalue weighted by Crippen LogP contribution is -2.56. The number of nitrogens with zero attached hydrogens (tertiary/aromatic N) is 1. The molecule has 4 heteroatoms. The minimum Gasteiger partial charge on any atom is -0.360 e. The van der Waals surface area contributed by atoms with Gasteiger partial charge in [-0.25, -0.2) is 0 Å². The van der Waals surface area contributed by atoms with Crippen molar-refractivity contribution in [2.45, 2.75) is 58.4 Å². The molecular formula is C23H29N3O. The van der Waals surface area contributed by atoms with Gasteiger partial charge in [-0.2, -0.15) is 5.26 Å². The summed E-state index contributed by atoms with van der Waals surface area (Å²) in [6.07, 6.45) is 9.43. The molecule has 1 amide bonds. The van der Waals surface area contributed by atoms with Crippen molar-refractivity contribution in [2.75, 3.05) is 5.32 Å². The zero-order valence-corrected chi connectivity index (χ0v) is 16.3. The van der Waals surface area contributed by atoms with Crippen molar-refractivity contribution in [1.82, 2.24) is 5.32 Å². The largest absolute Gasteiger partial charge is 0.360 e. The molecule has 1 aromatic rings. The normalized spacial score (nSPS) is 32.6. The van der Waals surface area contributed by atoms with Crippen LogP contribution >= 0.6 is 0 Å². The van der Waals surface area contributed by atoms with Gasteiger partial charge in [0, 0.05) is 17.9 Å². The SMILES string of the molecule is Cc1cccc(N/C=C(/C#N)C(=O)NC(C)C23CC4CC(CC(C4)C2)C3)c1. The van der Waals surface area contributed by atoms with Crippen LogP contribution in [0.1, 0.15) is 51.0 Å². The van der Waals surface area contributed by atoms with E-state index in [2.05, 4.69) is 23.6 Å². The summed E-state index contributed by atoms with van der Waals surface area (Å²) in [7, 11) is 0. The van der Waals surface area contributed by atoms with Crippen LogP contribution in [-0.2, 0) is 4.79 Å². The molecule has 4 bridgehead atoms. The van der Waals surface area contributed by atoms with Crippen LogP contribution in [0.25, 0.3) is 0 Å². The first kappa shape index (κ1) is 18.1. The third kappa shape index (κ3) is 3.60. The molecule has 2 N–H and O–H groups in total. The second-order valence-electron chi connectivity index (χ2n) is 9.16. The minimum atomic E-state index is -0.263. The van der Waals surface area contributed by atoms with E-state index in [0.717, 1.165) is 29.0 Å². The number of carbonyl (C=O) groups excluding carboxylic acids is 1. The molecule has 0 saturated heterocycles. The Balaban J connectivity index is 1.43. The van der Waals surface area contributed by atoms with E-state index in [1.54, 1.807) is 0 Å². The van der Waals surface area contributed by atoms with Gasteiger partial charge in [-0.15, -0.1) is 0 Å². The average molecular weight is 364 g/mol. The number of rotatable bonds is 5. The lowest BCUT2D eigenvalue weighted by atomic mass is 9.48. The van der Waals surface area contributed by atoms with Crippen LogP contribution < -0.4 is 10.6 Å². The molecule has 142 valence electrons. The second kappa shape index (κ2) is 7.03. The zero-order chi connectivity index (χ0) is 19.0. The summed E-state index contributed by atoms with van der Waals surface area (Å²) in [5.41, 5.74) is 2.39. The third-order valence-electron chi connectivity index (χ3n) is 7.12. The molecule has 4 fully saturated rings. The van der Waals surface area contributed by atoms with Crippen LogP contribution in [0.15, 0.2) is 36.0 Å². The van der Waals surface area contributed by atoms with Crippen molar-refractivity contribution in [2.24, 2.45) is 23.2 Å². The van der Waals surface area contributed by atoms with Crippen molar-refractivity contribution in [3.05, 3.63) is 41.6 Å². The van der Waals surface area contributed by atoms with Gasteiger partial charge in [0.05, 0.1) is 0 Å². The zero-order valence-electron chi connectivity index (χ0n) is 16.3. The smallest absolute Gasteiger partial charge is 0.263 e. The van der Waals surface area contributed by atoms with Gasteiger partial charge in [0.2, 0.25) is 0 Å². The summed E-state index contributed by atoms with van der Waals surface area (Å²) < 4.78 is 0. The summed E-state index contributed by atoms with van der Waals surface area (Å²) >= 11 is 0. The topological polar surface area (TPSA) is 64.9 Å². The molecule has 0 heterocycles. The maximum Gasteiger partial charge on any atom is 0.263 e. The van der Waals surface area contributed by atoms with E-state index >= 15 is 0 Å². The number of carbonyl (C=O) groups is 1. The molecule has 0 aromatic heterocycles. The second-order valence-corrected chi connectivity index (χ2v) is 9.16. The summed E-state index contributed by atoms with van der Waals surface area (Å²) in [5, 5.41) is 15.7. The molecule has 0 aliphatic heterocycles. The Kier molecular flexibility index (Phi) is 4.72. The summed E-state index contributed by atoms with van der Waals surface area (Å²) in [6, 6.07) is 10.0. The van der Waals surface area contributed by atoms with Crippen LogP contribution in [0.3, 0.4) is 0 Å². The average Bonchev–Trinajstić information content (AvgIpc) is 2.61. The van der Waals surface area contributed by atoms with Gasteiger partial charge < -0.3 is 10.6 Å². The Morgan fingerprint density at radius 2 is 1.85 bits per heavy atom. The number of benzene rings is 1. The number of amides is 1. The lowest BCUT2D eigenvalue weighted by molar-refractivity contribution is -0.122. The first-order valence-electron chi connectivity index (χ1n) is 10.2. The van der Waals surface area contributed by atoms with E-state index in [4.69, 9.17) is 0 Å². The highest BCUT2D eigenvalue weighted by Crippen LogP contribution is 2.61. The quantitative estimate of drug-likeness (QED) is 0.596. The highest BCUT2D eigenvalue weighted by atomic mass is 16.1. The highest BCUT2D eigenvalue weighted by molar-refractivity contribution is 5.97. The molecule has 4 aliphatic carbocycles. The molecular weight excluding hydrogens is 334 g/mol.